The van der Waals surface area contributed by atoms with Crippen molar-refractivity contribution < 1.29 is 9.53 Å². The fraction of sp³-hybridized carbons (Fsp3) is 0.786. The van der Waals surface area contributed by atoms with Crippen LogP contribution in [0.5, 0.6) is 0 Å². The number of carbonyl (C=O) groups excluding carboxylic acids is 1. The highest BCUT2D eigenvalue weighted by atomic mass is 16.5. The average Bonchev–Trinajstić information content (AvgIpc) is 2.27. The van der Waals surface area contributed by atoms with E-state index in [2.05, 4.69) is 41.0 Å². The van der Waals surface area contributed by atoms with Gasteiger partial charge in [0, 0.05) is 32.2 Å². The first-order chi connectivity index (χ1) is 8.40. The number of hydrogen-bond donors (Lipinski definition) is 1. The van der Waals surface area contributed by atoms with E-state index in [-0.39, 0.29) is 5.60 Å². The van der Waals surface area contributed by atoms with Crippen molar-refractivity contribution in [3.8, 4) is 0 Å². The number of rotatable bonds is 3. The predicted molar refractivity (Wildman–Crippen MR) is 75.6 cm³/mol. The molecule has 0 radical (unpaired) electrons. The highest BCUT2D eigenvalue weighted by molar-refractivity contribution is 5.37. The van der Waals surface area contributed by atoms with Crippen molar-refractivity contribution in [2.24, 2.45) is 0 Å². The molecule has 0 aromatic rings. The Bertz CT molecular complexity index is 247. The van der Waals surface area contributed by atoms with Gasteiger partial charge in [0.2, 0.25) is 0 Å². The summed E-state index contributed by atoms with van der Waals surface area (Å²) in [5.41, 5.74) is -0.318. The van der Waals surface area contributed by atoms with E-state index >= 15 is 0 Å². The monoisotopic (exact) mass is 256 g/mol. The first-order valence-electron chi connectivity index (χ1n) is 6.58. The first kappa shape index (κ1) is 17.1. The molecule has 0 aromatic heterocycles. The van der Waals surface area contributed by atoms with Gasteiger partial charge in [0.05, 0.1) is 0 Å². The van der Waals surface area contributed by atoms with E-state index in [9.17, 15) is 4.79 Å². The Morgan fingerprint density at radius 2 is 2.11 bits per heavy atom. The van der Waals surface area contributed by atoms with Crippen LogP contribution in [-0.2, 0) is 9.53 Å². The Kier molecular flexibility index (Phi) is 8.67. The van der Waals surface area contributed by atoms with Gasteiger partial charge in [0.1, 0.15) is 5.60 Å². The molecule has 0 bridgehead atoms. The number of carbonyl (C=O) groups is 1. The van der Waals surface area contributed by atoms with E-state index in [1.807, 2.05) is 20.8 Å². The van der Waals surface area contributed by atoms with Crippen molar-refractivity contribution in [2.75, 3.05) is 26.2 Å². The van der Waals surface area contributed by atoms with E-state index in [1.54, 1.807) is 0 Å². The third-order valence-corrected chi connectivity index (χ3v) is 2.62. The minimum atomic E-state index is -0.318. The summed E-state index contributed by atoms with van der Waals surface area (Å²) in [6.45, 7) is 14.8. The van der Waals surface area contributed by atoms with Crippen LogP contribution in [0.1, 0.15) is 34.6 Å². The third-order valence-electron chi connectivity index (χ3n) is 2.62. The minimum Gasteiger partial charge on any atom is -0.462 e. The molecular formula is C14H28N2O2. The molecule has 106 valence electrons. The van der Waals surface area contributed by atoms with Crippen LogP contribution in [0.15, 0.2) is 12.2 Å². The Morgan fingerprint density at radius 3 is 2.50 bits per heavy atom. The normalized spacial score (nSPS) is 21.3. The van der Waals surface area contributed by atoms with Crippen LogP contribution in [0.2, 0.25) is 0 Å². The van der Waals surface area contributed by atoms with Gasteiger partial charge < -0.3 is 10.1 Å². The topological polar surface area (TPSA) is 41.6 Å². The van der Waals surface area contributed by atoms with Gasteiger partial charge in [-0.25, -0.2) is 0 Å². The summed E-state index contributed by atoms with van der Waals surface area (Å²) in [6, 6.07) is 0.694. The molecule has 1 atom stereocenters. The van der Waals surface area contributed by atoms with Crippen LogP contribution >= 0.6 is 0 Å². The molecule has 1 N–H and O–H groups in total. The smallest absolute Gasteiger partial charge is 0.293 e. The van der Waals surface area contributed by atoms with Gasteiger partial charge in [0.15, 0.2) is 0 Å². The molecule has 4 nitrogen and oxygen atoms in total. The van der Waals surface area contributed by atoms with Crippen molar-refractivity contribution in [1.82, 2.24) is 10.2 Å². The number of allylic oxidation sites excluding steroid dienone is 1. The molecule has 18 heavy (non-hydrogen) atoms. The second-order valence-electron chi connectivity index (χ2n) is 5.44. The van der Waals surface area contributed by atoms with Gasteiger partial charge in [-0.3, -0.25) is 9.69 Å². The van der Waals surface area contributed by atoms with Gasteiger partial charge in [-0.15, -0.1) is 0 Å². The number of nitrogens with one attached hydrogen (secondary N) is 1. The zero-order valence-corrected chi connectivity index (χ0v) is 12.4. The molecule has 1 aliphatic heterocycles. The Balaban J connectivity index is 0.000000360. The predicted octanol–water partition coefficient (Wildman–Crippen LogP) is 1.81. The first-order valence-corrected chi connectivity index (χ1v) is 6.58. The lowest BCUT2D eigenvalue weighted by atomic mass is 10.2. The molecule has 0 aromatic carbocycles. The van der Waals surface area contributed by atoms with E-state index < -0.39 is 0 Å². The van der Waals surface area contributed by atoms with Crippen LogP contribution < -0.4 is 5.32 Å². The Labute approximate surface area is 111 Å². The molecular weight excluding hydrogens is 228 g/mol. The largest absolute Gasteiger partial charge is 0.462 e. The number of ether oxygens (including phenoxy) is 1. The molecule has 0 amide bonds. The van der Waals surface area contributed by atoms with E-state index in [0.29, 0.717) is 12.5 Å². The minimum absolute atomic E-state index is 0.318. The lowest BCUT2D eigenvalue weighted by molar-refractivity contribution is -0.138. The van der Waals surface area contributed by atoms with Crippen LogP contribution in [0.3, 0.4) is 0 Å². The SMILES string of the molecule is CC(C)(C)OC=O.CC=CCN1CCNCC1C. The lowest BCUT2D eigenvalue weighted by Gasteiger charge is -2.32. The third kappa shape index (κ3) is 9.19. The molecule has 1 heterocycles. The fourth-order valence-electron chi connectivity index (χ4n) is 1.54. The van der Waals surface area contributed by atoms with Crippen LogP contribution in [0.4, 0.5) is 0 Å². The maximum absolute atomic E-state index is 9.60. The van der Waals surface area contributed by atoms with E-state index in [1.165, 1.54) is 6.54 Å². The second-order valence-corrected chi connectivity index (χ2v) is 5.44. The summed E-state index contributed by atoms with van der Waals surface area (Å²) in [6.07, 6.45) is 4.34. The van der Waals surface area contributed by atoms with Crippen molar-refractivity contribution in [3.63, 3.8) is 0 Å². The molecule has 1 unspecified atom stereocenters. The summed E-state index contributed by atoms with van der Waals surface area (Å²) in [5, 5.41) is 3.38. The summed E-state index contributed by atoms with van der Waals surface area (Å²) < 4.78 is 4.55. The van der Waals surface area contributed by atoms with Crippen molar-refractivity contribution >= 4 is 6.47 Å². The molecule has 1 saturated heterocycles. The fourth-order valence-corrected chi connectivity index (χ4v) is 1.54. The molecule has 0 aliphatic carbocycles. The maximum Gasteiger partial charge on any atom is 0.293 e. The number of piperazine rings is 1. The number of nitrogens with zero attached hydrogens (tertiary/aromatic N) is 1. The highest BCUT2D eigenvalue weighted by Gasteiger charge is 2.15. The van der Waals surface area contributed by atoms with Gasteiger partial charge in [-0.2, -0.15) is 0 Å². The Morgan fingerprint density at radius 1 is 1.44 bits per heavy atom. The van der Waals surface area contributed by atoms with Gasteiger partial charge in [-0.05, 0) is 34.6 Å². The van der Waals surface area contributed by atoms with Crippen molar-refractivity contribution in [2.45, 2.75) is 46.3 Å². The number of hydrogen-bond acceptors (Lipinski definition) is 4. The summed E-state index contributed by atoms with van der Waals surface area (Å²) in [4.78, 5) is 12.1. The quantitative estimate of drug-likeness (QED) is 0.618. The molecule has 1 rings (SSSR count). The highest BCUT2D eigenvalue weighted by Crippen LogP contribution is 2.02. The standard InChI is InChI=1S/C9H18N2.C5H10O2/c1-3-4-6-11-7-5-10-8-9(11)2;1-5(2,3)7-4-6/h3-4,9-10H,5-8H2,1-2H3;4H,1-3H3. The molecule has 1 aliphatic rings. The van der Waals surface area contributed by atoms with E-state index in [4.69, 9.17) is 0 Å². The summed E-state index contributed by atoms with van der Waals surface area (Å²) >= 11 is 0. The second kappa shape index (κ2) is 9.11. The van der Waals surface area contributed by atoms with Crippen LogP contribution in [0.25, 0.3) is 0 Å². The Hall–Kier alpha value is -0.870. The van der Waals surface area contributed by atoms with Gasteiger partial charge in [0.25, 0.3) is 6.47 Å². The molecule has 0 spiro atoms. The summed E-state index contributed by atoms with van der Waals surface area (Å²) in [7, 11) is 0. The van der Waals surface area contributed by atoms with Crippen molar-refractivity contribution in [1.29, 1.82) is 0 Å². The van der Waals surface area contributed by atoms with Crippen molar-refractivity contribution in [3.05, 3.63) is 12.2 Å². The van der Waals surface area contributed by atoms with Crippen LogP contribution in [0, 0.1) is 0 Å². The zero-order chi connectivity index (χ0) is 14.0. The van der Waals surface area contributed by atoms with Gasteiger partial charge in [-0.1, -0.05) is 12.2 Å². The maximum atomic E-state index is 9.60. The molecule has 4 heteroatoms. The van der Waals surface area contributed by atoms with Crippen LogP contribution in [-0.4, -0.2) is 49.2 Å². The molecule has 0 saturated carbocycles. The van der Waals surface area contributed by atoms with Gasteiger partial charge >= 0.3 is 0 Å². The molecule has 1 fully saturated rings. The summed E-state index contributed by atoms with van der Waals surface area (Å²) in [5.74, 6) is 0. The average molecular weight is 256 g/mol. The lowest BCUT2D eigenvalue weighted by Crippen LogP contribution is -2.49. The van der Waals surface area contributed by atoms with E-state index in [0.717, 1.165) is 19.6 Å². The zero-order valence-electron chi connectivity index (χ0n) is 12.4.